The van der Waals surface area contributed by atoms with Crippen LogP contribution in [0.15, 0.2) is 152 Å². The van der Waals surface area contributed by atoms with Gasteiger partial charge in [-0.25, -0.2) is 0 Å². The molecule has 1 aliphatic heterocycles. The van der Waals surface area contributed by atoms with Gasteiger partial charge in [0.25, 0.3) is 0 Å². The summed E-state index contributed by atoms with van der Waals surface area (Å²) in [5, 5.41) is 21.7. The Morgan fingerprint density at radius 1 is 0.362 bits per heavy atom. The van der Waals surface area contributed by atoms with Crippen molar-refractivity contribution in [3.8, 4) is 50.9 Å². The Kier molecular flexibility index (Phi) is 5.38. The molecular formula is C45H25NO. The average molecular weight is 596 g/mol. The second-order valence-electron chi connectivity index (χ2n) is 12.3. The fourth-order valence-electron chi connectivity index (χ4n) is 7.79. The highest BCUT2D eigenvalue weighted by atomic mass is 16.5. The van der Waals surface area contributed by atoms with Crippen molar-refractivity contribution in [2.24, 2.45) is 0 Å². The Bertz CT molecular complexity index is 2840. The molecule has 0 fully saturated rings. The molecule has 0 atom stereocenters. The van der Waals surface area contributed by atoms with Gasteiger partial charge in [-0.3, -0.25) is 0 Å². The predicted molar refractivity (Wildman–Crippen MR) is 195 cm³/mol. The highest BCUT2D eigenvalue weighted by Crippen LogP contribution is 2.50. The number of nitriles is 1. The van der Waals surface area contributed by atoms with E-state index >= 15 is 0 Å². The van der Waals surface area contributed by atoms with Crippen LogP contribution in [0, 0.1) is 11.3 Å². The summed E-state index contributed by atoms with van der Waals surface area (Å²) in [6.45, 7) is 0. The van der Waals surface area contributed by atoms with E-state index in [9.17, 15) is 5.26 Å². The van der Waals surface area contributed by atoms with Crippen LogP contribution in [0.4, 0.5) is 0 Å². The molecule has 2 nitrogen and oxygen atoms in total. The van der Waals surface area contributed by atoms with Crippen LogP contribution >= 0.6 is 0 Å². The predicted octanol–water partition coefficient (Wildman–Crippen LogP) is 12.4. The summed E-state index contributed by atoms with van der Waals surface area (Å²) in [6.07, 6.45) is 0. The molecule has 0 saturated heterocycles. The zero-order valence-corrected chi connectivity index (χ0v) is 25.3. The minimum absolute atomic E-state index is 0.593. The second-order valence-corrected chi connectivity index (χ2v) is 12.3. The molecule has 10 rings (SSSR count). The monoisotopic (exact) mass is 595 g/mol. The number of ether oxygens (including phenoxy) is 1. The standard InChI is InChI=1S/C45H25NO/c46-26-27-16-18-38-40-23-22-35(39-14-7-15-43(45(39)40)47-44(38)24-27)34-20-21-37(31-11-4-3-10-30(31)34)42-25-41-29-9-2-1-8-28(29)17-19-36(41)32-12-5-6-13-33(32)42/h1-25H. The quantitative estimate of drug-likeness (QED) is 0.186. The highest BCUT2D eigenvalue weighted by molar-refractivity contribution is 6.23. The molecule has 0 N–H and O–H groups in total. The van der Waals surface area contributed by atoms with E-state index in [0.717, 1.165) is 33.4 Å². The van der Waals surface area contributed by atoms with Crippen LogP contribution < -0.4 is 4.74 Å². The van der Waals surface area contributed by atoms with Gasteiger partial charge in [-0.1, -0.05) is 121 Å². The van der Waals surface area contributed by atoms with Crippen LogP contribution in [0.3, 0.4) is 0 Å². The SMILES string of the molecule is N#Cc1ccc2c(c1)Oc1cccc3c(-c4ccc(-c5cc6c7ccccc7ccc6c6ccccc56)c5ccccc45)ccc-2c13. The van der Waals surface area contributed by atoms with Crippen LogP contribution in [0.5, 0.6) is 11.5 Å². The topological polar surface area (TPSA) is 33.0 Å². The molecule has 0 aliphatic carbocycles. The number of rotatable bonds is 2. The van der Waals surface area contributed by atoms with Crippen molar-refractivity contribution in [3.05, 3.63) is 157 Å². The maximum atomic E-state index is 9.46. The molecule has 216 valence electrons. The van der Waals surface area contributed by atoms with Crippen molar-refractivity contribution in [3.63, 3.8) is 0 Å². The molecule has 9 aromatic carbocycles. The van der Waals surface area contributed by atoms with Gasteiger partial charge in [0.05, 0.1) is 11.6 Å². The zero-order valence-electron chi connectivity index (χ0n) is 25.3. The molecule has 0 aromatic heterocycles. The number of hydrogen-bond acceptors (Lipinski definition) is 2. The first-order valence-electron chi connectivity index (χ1n) is 15.9. The summed E-state index contributed by atoms with van der Waals surface area (Å²) in [5.41, 5.74) is 7.55. The van der Waals surface area contributed by atoms with E-state index in [0.29, 0.717) is 5.56 Å². The van der Waals surface area contributed by atoms with E-state index in [1.807, 2.05) is 24.3 Å². The van der Waals surface area contributed by atoms with Crippen molar-refractivity contribution in [1.82, 2.24) is 0 Å². The first-order chi connectivity index (χ1) is 23.3. The van der Waals surface area contributed by atoms with Gasteiger partial charge in [-0.15, -0.1) is 0 Å². The molecule has 9 aromatic rings. The second kappa shape index (κ2) is 9.78. The lowest BCUT2D eigenvalue weighted by Crippen LogP contribution is -1.98. The smallest absolute Gasteiger partial charge is 0.136 e. The van der Waals surface area contributed by atoms with Gasteiger partial charge in [0, 0.05) is 10.9 Å². The minimum Gasteiger partial charge on any atom is -0.456 e. The Hall–Kier alpha value is -6.43. The third-order valence-corrected chi connectivity index (χ3v) is 9.89. The molecule has 2 heteroatoms. The summed E-state index contributed by atoms with van der Waals surface area (Å²) in [4.78, 5) is 0. The lowest BCUT2D eigenvalue weighted by Gasteiger charge is -2.23. The van der Waals surface area contributed by atoms with Crippen LogP contribution in [-0.4, -0.2) is 0 Å². The molecule has 0 saturated carbocycles. The Morgan fingerprint density at radius 2 is 0.936 bits per heavy atom. The minimum atomic E-state index is 0.593. The average Bonchev–Trinajstić information content (AvgIpc) is 3.14. The molecule has 0 radical (unpaired) electrons. The maximum Gasteiger partial charge on any atom is 0.136 e. The third-order valence-electron chi connectivity index (χ3n) is 9.89. The Morgan fingerprint density at radius 3 is 1.70 bits per heavy atom. The van der Waals surface area contributed by atoms with Crippen molar-refractivity contribution in [2.75, 3.05) is 0 Å². The van der Waals surface area contributed by atoms with E-state index in [4.69, 9.17) is 4.74 Å². The highest BCUT2D eigenvalue weighted by Gasteiger charge is 2.23. The zero-order chi connectivity index (χ0) is 31.1. The Balaban J connectivity index is 1.23. The first kappa shape index (κ1) is 25.9. The summed E-state index contributed by atoms with van der Waals surface area (Å²) in [6, 6.07) is 56.4. The number of nitrogens with zero attached hydrogens (tertiary/aromatic N) is 1. The van der Waals surface area contributed by atoms with Gasteiger partial charge in [0.15, 0.2) is 0 Å². The molecule has 1 heterocycles. The van der Waals surface area contributed by atoms with E-state index in [1.54, 1.807) is 0 Å². The molecule has 0 bridgehead atoms. The summed E-state index contributed by atoms with van der Waals surface area (Å²) in [5.74, 6) is 1.54. The van der Waals surface area contributed by atoms with Crippen LogP contribution in [0.1, 0.15) is 5.56 Å². The van der Waals surface area contributed by atoms with Gasteiger partial charge in [-0.2, -0.15) is 5.26 Å². The van der Waals surface area contributed by atoms with Gasteiger partial charge in [0.2, 0.25) is 0 Å². The molecular weight excluding hydrogens is 571 g/mol. The largest absolute Gasteiger partial charge is 0.456 e. The normalized spacial score (nSPS) is 12.0. The molecule has 47 heavy (non-hydrogen) atoms. The fraction of sp³-hybridized carbons (Fsp3) is 0. The van der Waals surface area contributed by atoms with Crippen molar-refractivity contribution in [1.29, 1.82) is 5.26 Å². The molecule has 0 spiro atoms. The van der Waals surface area contributed by atoms with Crippen LogP contribution in [0.2, 0.25) is 0 Å². The van der Waals surface area contributed by atoms with Gasteiger partial charge < -0.3 is 4.74 Å². The third kappa shape index (κ3) is 3.72. The summed E-state index contributed by atoms with van der Waals surface area (Å²) >= 11 is 0. The van der Waals surface area contributed by atoms with Crippen molar-refractivity contribution in [2.45, 2.75) is 0 Å². The van der Waals surface area contributed by atoms with Gasteiger partial charge >= 0.3 is 0 Å². The van der Waals surface area contributed by atoms with Crippen LogP contribution in [-0.2, 0) is 0 Å². The number of fused-ring (bicyclic) bond motifs is 8. The van der Waals surface area contributed by atoms with E-state index in [2.05, 4.69) is 133 Å². The number of hydrogen-bond donors (Lipinski definition) is 0. The lowest BCUT2D eigenvalue weighted by molar-refractivity contribution is 0.487. The molecule has 0 amide bonds. The van der Waals surface area contributed by atoms with Crippen molar-refractivity contribution >= 4 is 53.9 Å². The molecule has 0 unspecified atom stereocenters. The summed E-state index contributed by atoms with van der Waals surface area (Å²) in [7, 11) is 0. The lowest BCUT2D eigenvalue weighted by atomic mass is 9.85. The fourth-order valence-corrected chi connectivity index (χ4v) is 7.79. The van der Waals surface area contributed by atoms with Crippen molar-refractivity contribution < 1.29 is 4.74 Å². The van der Waals surface area contributed by atoms with E-state index in [1.165, 1.54) is 65.3 Å². The maximum absolute atomic E-state index is 9.46. The molecule has 1 aliphatic rings. The number of benzene rings is 9. The van der Waals surface area contributed by atoms with Gasteiger partial charge in [0.1, 0.15) is 11.5 Å². The Labute approximate surface area is 271 Å². The van der Waals surface area contributed by atoms with Gasteiger partial charge in [-0.05, 0) is 107 Å². The first-order valence-corrected chi connectivity index (χ1v) is 15.9. The van der Waals surface area contributed by atoms with E-state index in [-0.39, 0.29) is 0 Å². The summed E-state index contributed by atoms with van der Waals surface area (Å²) < 4.78 is 6.40. The van der Waals surface area contributed by atoms with Crippen LogP contribution in [0.25, 0.3) is 87.2 Å². The van der Waals surface area contributed by atoms with E-state index < -0.39 is 0 Å².